The van der Waals surface area contributed by atoms with Gasteiger partial charge in [0.15, 0.2) is 0 Å². The zero-order chi connectivity index (χ0) is 14.5. The van der Waals surface area contributed by atoms with Gasteiger partial charge in [0.05, 0.1) is 7.11 Å². The van der Waals surface area contributed by atoms with E-state index in [1.807, 2.05) is 30.3 Å². The Morgan fingerprint density at radius 3 is 2.90 bits per heavy atom. The van der Waals surface area contributed by atoms with E-state index in [1.54, 1.807) is 13.3 Å². The number of aromatic nitrogens is 1. The van der Waals surface area contributed by atoms with Crippen molar-refractivity contribution in [2.75, 3.05) is 12.4 Å². The maximum atomic E-state index is 5.73. The molecule has 2 rings (SSSR count). The van der Waals surface area contributed by atoms with Gasteiger partial charge in [-0.2, -0.15) is 0 Å². The zero-order valence-corrected chi connectivity index (χ0v) is 13.3. The number of nitrogens with two attached hydrogens (primary N) is 1. The van der Waals surface area contributed by atoms with Crippen molar-refractivity contribution in [3.8, 4) is 5.88 Å². The van der Waals surface area contributed by atoms with Gasteiger partial charge in [-0.15, -0.1) is 0 Å². The topological polar surface area (TPSA) is 60.2 Å². The summed E-state index contributed by atoms with van der Waals surface area (Å²) < 4.78 is 6.07. The Kier molecular flexibility index (Phi) is 4.92. The van der Waals surface area contributed by atoms with Crippen LogP contribution in [0.25, 0.3) is 0 Å². The molecule has 3 N–H and O–H groups in total. The maximum Gasteiger partial charge on any atom is 0.213 e. The highest BCUT2D eigenvalue weighted by molar-refractivity contribution is 9.10. The molecule has 0 saturated heterocycles. The van der Waals surface area contributed by atoms with Crippen LogP contribution in [0.5, 0.6) is 5.88 Å². The van der Waals surface area contributed by atoms with E-state index in [9.17, 15) is 0 Å². The molecule has 0 bridgehead atoms. The lowest BCUT2D eigenvalue weighted by atomic mass is 10.1. The van der Waals surface area contributed by atoms with Crippen LogP contribution in [0, 0.1) is 0 Å². The first kappa shape index (κ1) is 14.7. The highest BCUT2D eigenvalue weighted by Crippen LogP contribution is 2.22. The zero-order valence-electron chi connectivity index (χ0n) is 10.9. The monoisotopic (exact) mass is 351 g/mol. The first-order valence-corrected chi connectivity index (χ1v) is 7.12. The van der Waals surface area contributed by atoms with Crippen LogP contribution in [0.3, 0.4) is 0 Å². The summed E-state index contributed by atoms with van der Waals surface area (Å²) in [7, 11) is 1.60. The molecular formula is C14H14BrN3OS. The summed E-state index contributed by atoms with van der Waals surface area (Å²) in [6.45, 7) is 0.630. The minimum absolute atomic E-state index is 0.368. The second-order valence-electron chi connectivity index (χ2n) is 4.11. The standard InChI is InChI=1S/C14H14BrN3OS/c1-19-13-6-9(4-5-17-13)8-18-12-7-10(15)2-3-11(12)14(16)20/h2-7,18H,8H2,1H3,(H2,16,20). The number of hydrogen-bond donors (Lipinski definition) is 2. The fourth-order valence-electron chi connectivity index (χ4n) is 1.75. The van der Waals surface area contributed by atoms with Crippen molar-refractivity contribution < 1.29 is 4.74 Å². The van der Waals surface area contributed by atoms with Crippen LogP contribution in [0.15, 0.2) is 41.0 Å². The van der Waals surface area contributed by atoms with Crippen molar-refractivity contribution in [2.24, 2.45) is 5.73 Å². The summed E-state index contributed by atoms with van der Waals surface area (Å²) in [5, 5.41) is 3.32. The molecule has 0 unspecified atom stereocenters. The van der Waals surface area contributed by atoms with Crippen molar-refractivity contribution in [3.05, 3.63) is 52.1 Å². The van der Waals surface area contributed by atoms with E-state index < -0.39 is 0 Å². The van der Waals surface area contributed by atoms with E-state index >= 15 is 0 Å². The quantitative estimate of drug-likeness (QED) is 0.810. The average Bonchev–Trinajstić information content (AvgIpc) is 2.45. The van der Waals surface area contributed by atoms with Crippen LogP contribution < -0.4 is 15.8 Å². The third-order valence-electron chi connectivity index (χ3n) is 2.74. The fourth-order valence-corrected chi connectivity index (χ4v) is 2.29. The van der Waals surface area contributed by atoms with Crippen LogP contribution >= 0.6 is 28.1 Å². The molecule has 4 nitrogen and oxygen atoms in total. The first-order chi connectivity index (χ1) is 9.60. The molecule has 0 atom stereocenters. The molecule has 0 saturated carbocycles. The van der Waals surface area contributed by atoms with E-state index in [4.69, 9.17) is 22.7 Å². The maximum absolute atomic E-state index is 5.73. The summed E-state index contributed by atoms with van der Waals surface area (Å²) in [4.78, 5) is 4.44. The van der Waals surface area contributed by atoms with Crippen LogP contribution in [-0.4, -0.2) is 17.1 Å². The molecule has 0 radical (unpaired) electrons. The number of benzene rings is 1. The second kappa shape index (κ2) is 6.67. The minimum atomic E-state index is 0.368. The van der Waals surface area contributed by atoms with E-state index in [2.05, 4.69) is 26.2 Å². The third-order valence-corrected chi connectivity index (χ3v) is 3.45. The van der Waals surface area contributed by atoms with Gasteiger partial charge < -0.3 is 15.8 Å². The summed E-state index contributed by atoms with van der Waals surface area (Å²) in [5.74, 6) is 0.591. The Hall–Kier alpha value is -1.66. The van der Waals surface area contributed by atoms with Gasteiger partial charge in [0, 0.05) is 34.5 Å². The first-order valence-electron chi connectivity index (χ1n) is 5.92. The SMILES string of the molecule is COc1cc(CNc2cc(Br)ccc2C(N)=S)ccn1. The largest absolute Gasteiger partial charge is 0.481 e. The van der Waals surface area contributed by atoms with E-state index in [1.165, 1.54) is 0 Å². The highest BCUT2D eigenvalue weighted by Gasteiger charge is 2.06. The van der Waals surface area contributed by atoms with Crippen LogP contribution in [0.1, 0.15) is 11.1 Å². The number of anilines is 1. The molecule has 0 spiro atoms. The van der Waals surface area contributed by atoms with Crippen molar-refractivity contribution in [1.82, 2.24) is 4.98 Å². The molecule has 104 valence electrons. The number of hydrogen-bond acceptors (Lipinski definition) is 4. The number of pyridine rings is 1. The number of ether oxygens (including phenoxy) is 1. The van der Waals surface area contributed by atoms with Gasteiger partial charge in [-0.1, -0.05) is 28.1 Å². The summed E-state index contributed by atoms with van der Waals surface area (Å²) >= 11 is 8.50. The van der Waals surface area contributed by atoms with Crippen molar-refractivity contribution in [1.29, 1.82) is 0 Å². The lowest BCUT2D eigenvalue weighted by molar-refractivity contribution is 0.397. The molecule has 1 heterocycles. The van der Waals surface area contributed by atoms with E-state index in [0.29, 0.717) is 17.4 Å². The fraction of sp³-hybridized carbons (Fsp3) is 0.143. The molecule has 0 fully saturated rings. The lowest BCUT2D eigenvalue weighted by Crippen LogP contribution is -2.13. The smallest absolute Gasteiger partial charge is 0.213 e. The van der Waals surface area contributed by atoms with Gasteiger partial charge in [0.1, 0.15) is 4.99 Å². The Labute approximate surface area is 131 Å². The van der Waals surface area contributed by atoms with E-state index in [0.717, 1.165) is 21.3 Å². The van der Waals surface area contributed by atoms with Gasteiger partial charge in [0.25, 0.3) is 0 Å². The lowest BCUT2D eigenvalue weighted by Gasteiger charge is -2.12. The molecular weight excluding hydrogens is 338 g/mol. The number of thiocarbonyl (C=S) groups is 1. The highest BCUT2D eigenvalue weighted by atomic mass is 79.9. The predicted molar refractivity (Wildman–Crippen MR) is 88.1 cm³/mol. The molecule has 6 heteroatoms. The van der Waals surface area contributed by atoms with Gasteiger partial charge in [0.2, 0.25) is 5.88 Å². The second-order valence-corrected chi connectivity index (χ2v) is 5.47. The summed E-state index contributed by atoms with van der Waals surface area (Å²) in [6, 6.07) is 9.56. The van der Waals surface area contributed by atoms with Crippen molar-refractivity contribution in [3.63, 3.8) is 0 Å². The predicted octanol–water partition coefficient (Wildman–Crippen LogP) is 3.10. The van der Waals surface area contributed by atoms with Gasteiger partial charge in [-0.05, 0) is 29.8 Å². The Balaban J connectivity index is 2.17. The van der Waals surface area contributed by atoms with Gasteiger partial charge >= 0.3 is 0 Å². The Morgan fingerprint density at radius 1 is 1.40 bits per heavy atom. The van der Waals surface area contributed by atoms with Crippen LogP contribution in [0.4, 0.5) is 5.69 Å². The van der Waals surface area contributed by atoms with Crippen molar-refractivity contribution >= 4 is 38.8 Å². The molecule has 20 heavy (non-hydrogen) atoms. The molecule has 0 aliphatic heterocycles. The minimum Gasteiger partial charge on any atom is -0.481 e. The Bertz CT molecular complexity index is 634. The van der Waals surface area contributed by atoms with Crippen molar-refractivity contribution in [2.45, 2.75) is 6.54 Å². The number of nitrogens with zero attached hydrogens (tertiary/aromatic N) is 1. The number of methoxy groups -OCH3 is 1. The summed E-state index contributed by atoms with van der Waals surface area (Å²) in [5.41, 5.74) is 8.50. The Morgan fingerprint density at radius 2 is 2.20 bits per heavy atom. The van der Waals surface area contributed by atoms with Crippen LogP contribution in [-0.2, 0) is 6.54 Å². The number of nitrogens with one attached hydrogen (secondary N) is 1. The number of halogens is 1. The molecule has 2 aromatic rings. The summed E-state index contributed by atoms with van der Waals surface area (Å²) in [6.07, 6.45) is 1.71. The van der Waals surface area contributed by atoms with Crippen LogP contribution in [0.2, 0.25) is 0 Å². The third kappa shape index (κ3) is 3.68. The average molecular weight is 352 g/mol. The van der Waals surface area contributed by atoms with E-state index in [-0.39, 0.29) is 0 Å². The number of rotatable bonds is 5. The molecule has 0 aliphatic carbocycles. The molecule has 0 amide bonds. The van der Waals surface area contributed by atoms with Gasteiger partial charge in [-0.3, -0.25) is 0 Å². The molecule has 1 aromatic heterocycles. The molecule has 1 aromatic carbocycles. The van der Waals surface area contributed by atoms with Gasteiger partial charge in [-0.25, -0.2) is 4.98 Å². The normalized spacial score (nSPS) is 10.1. The molecule has 0 aliphatic rings.